The molecule has 23 heavy (non-hydrogen) atoms. The SMILES string of the molecule is OCCCOc1cccc2c1S(O)(O)CC2Sc1ccccc1. The fraction of sp³-hybridized carbons (Fsp3) is 0.294. The molecule has 0 saturated heterocycles. The Balaban J connectivity index is 1.88. The van der Waals surface area contributed by atoms with E-state index in [-0.39, 0.29) is 11.9 Å². The van der Waals surface area contributed by atoms with Gasteiger partial charge < -0.3 is 9.84 Å². The van der Waals surface area contributed by atoms with Crippen LogP contribution in [0.1, 0.15) is 17.2 Å². The largest absolute Gasteiger partial charge is 0.492 e. The van der Waals surface area contributed by atoms with Crippen molar-refractivity contribution < 1.29 is 18.9 Å². The highest BCUT2D eigenvalue weighted by atomic mass is 32.3. The van der Waals surface area contributed by atoms with Crippen LogP contribution in [0.5, 0.6) is 5.75 Å². The molecule has 3 N–H and O–H groups in total. The van der Waals surface area contributed by atoms with Crippen LogP contribution >= 0.6 is 22.4 Å². The molecule has 0 saturated carbocycles. The van der Waals surface area contributed by atoms with Crippen molar-refractivity contribution >= 4 is 22.4 Å². The van der Waals surface area contributed by atoms with Crippen molar-refractivity contribution in [1.29, 1.82) is 0 Å². The average molecular weight is 352 g/mol. The van der Waals surface area contributed by atoms with Crippen molar-refractivity contribution in [2.75, 3.05) is 19.0 Å². The molecule has 0 aliphatic carbocycles. The summed E-state index contributed by atoms with van der Waals surface area (Å²) in [5.74, 6) is 0.828. The maximum absolute atomic E-state index is 10.5. The Morgan fingerprint density at radius 1 is 1.09 bits per heavy atom. The van der Waals surface area contributed by atoms with Gasteiger partial charge in [0, 0.05) is 17.9 Å². The standard InChI is InChI=1S/C17H20O4S2/c18-10-5-11-21-15-9-4-8-14-16(12-23(19,20)17(14)15)22-13-6-2-1-3-7-13/h1-4,6-9,16,18-20H,5,10-12H2. The summed E-state index contributed by atoms with van der Waals surface area (Å²) in [6.07, 6.45) is 0.519. The van der Waals surface area contributed by atoms with E-state index in [2.05, 4.69) is 0 Å². The first-order chi connectivity index (χ1) is 11.1. The molecule has 0 spiro atoms. The second-order valence-corrected chi connectivity index (χ2v) is 8.70. The first kappa shape index (κ1) is 16.7. The highest BCUT2D eigenvalue weighted by molar-refractivity contribution is 8.25. The molecule has 2 aromatic carbocycles. The van der Waals surface area contributed by atoms with Crippen molar-refractivity contribution in [3.63, 3.8) is 0 Å². The fourth-order valence-electron chi connectivity index (χ4n) is 2.64. The summed E-state index contributed by atoms with van der Waals surface area (Å²) in [7, 11) is -2.85. The molecule has 4 nitrogen and oxygen atoms in total. The van der Waals surface area contributed by atoms with E-state index < -0.39 is 10.6 Å². The molecule has 0 fully saturated rings. The Morgan fingerprint density at radius 2 is 1.87 bits per heavy atom. The molecule has 1 unspecified atom stereocenters. The van der Waals surface area contributed by atoms with Gasteiger partial charge >= 0.3 is 0 Å². The summed E-state index contributed by atoms with van der Waals surface area (Å²) < 4.78 is 26.7. The van der Waals surface area contributed by atoms with E-state index in [1.54, 1.807) is 17.8 Å². The zero-order chi connectivity index (χ0) is 16.3. The second kappa shape index (κ2) is 7.15. The second-order valence-electron chi connectivity index (χ2n) is 5.35. The predicted octanol–water partition coefficient (Wildman–Crippen LogP) is 4.40. The highest BCUT2D eigenvalue weighted by Gasteiger charge is 2.38. The number of rotatable bonds is 6. The van der Waals surface area contributed by atoms with Crippen molar-refractivity contribution in [3.05, 3.63) is 54.1 Å². The maximum atomic E-state index is 10.5. The summed E-state index contributed by atoms with van der Waals surface area (Å²) in [4.78, 5) is 1.64. The first-order valence-corrected chi connectivity index (χ1v) is 10.1. The van der Waals surface area contributed by atoms with Crippen LogP contribution in [-0.2, 0) is 0 Å². The third-order valence-electron chi connectivity index (χ3n) is 3.65. The zero-order valence-electron chi connectivity index (χ0n) is 12.6. The minimum Gasteiger partial charge on any atom is -0.492 e. The van der Waals surface area contributed by atoms with Crippen LogP contribution in [0, 0.1) is 0 Å². The van der Waals surface area contributed by atoms with Crippen LogP contribution in [-0.4, -0.2) is 33.2 Å². The van der Waals surface area contributed by atoms with E-state index >= 15 is 0 Å². The number of ether oxygens (including phenoxy) is 1. The summed E-state index contributed by atoms with van der Waals surface area (Å²) in [6, 6.07) is 15.6. The minimum atomic E-state index is -2.85. The molecule has 1 aliphatic heterocycles. The van der Waals surface area contributed by atoms with E-state index in [0.717, 1.165) is 10.5 Å². The van der Waals surface area contributed by atoms with Crippen molar-refractivity contribution in [1.82, 2.24) is 0 Å². The van der Waals surface area contributed by atoms with Gasteiger partial charge in [0.25, 0.3) is 0 Å². The van der Waals surface area contributed by atoms with Gasteiger partial charge in [-0.1, -0.05) is 30.3 Å². The monoisotopic (exact) mass is 352 g/mol. The Labute approximate surface area is 141 Å². The fourth-order valence-corrected chi connectivity index (χ4v) is 6.33. The molecular formula is C17H20O4S2. The number of benzene rings is 2. The average Bonchev–Trinajstić information content (AvgIpc) is 2.80. The van der Waals surface area contributed by atoms with Crippen LogP contribution in [0.25, 0.3) is 0 Å². The van der Waals surface area contributed by atoms with Gasteiger partial charge in [-0.15, -0.1) is 11.8 Å². The van der Waals surface area contributed by atoms with Gasteiger partial charge in [-0.25, -0.2) is 0 Å². The third kappa shape index (κ3) is 3.67. The Morgan fingerprint density at radius 3 is 2.61 bits per heavy atom. The van der Waals surface area contributed by atoms with Gasteiger partial charge in [-0.3, -0.25) is 9.11 Å². The van der Waals surface area contributed by atoms with E-state index in [1.807, 2.05) is 42.5 Å². The smallest absolute Gasteiger partial charge is 0.142 e. The molecule has 6 heteroatoms. The van der Waals surface area contributed by atoms with Gasteiger partial charge in [-0.05, 0) is 23.8 Å². The molecule has 0 radical (unpaired) electrons. The Hall–Kier alpha value is -1.18. The van der Waals surface area contributed by atoms with Crippen molar-refractivity contribution in [2.45, 2.75) is 21.5 Å². The number of fused-ring (bicyclic) bond motifs is 1. The van der Waals surface area contributed by atoms with E-state index in [9.17, 15) is 9.11 Å². The number of aliphatic hydroxyl groups excluding tert-OH is 1. The molecule has 0 bridgehead atoms. The van der Waals surface area contributed by atoms with Gasteiger partial charge in [0.2, 0.25) is 0 Å². The number of hydrogen-bond acceptors (Lipinski definition) is 5. The summed E-state index contributed by atoms with van der Waals surface area (Å²) >= 11 is 1.64. The topological polar surface area (TPSA) is 69.9 Å². The van der Waals surface area contributed by atoms with E-state index in [1.165, 1.54) is 0 Å². The molecule has 124 valence electrons. The molecule has 1 atom stereocenters. The van der Waals surface area contributed by atoms with Crippen LogP contribution < -0.4 is 4.74 Å². The molecule has 0 aromatic heterocycles. The summed E-state index contributed by atoms with van der Waals surface area (Å²) in [5, 5.41) is 8.87. The van der Waals surface area contributed by atoms with E-state index in [0.29, 0.717) is 29.4 Å². The molecule has 2 aromatic rings. The number of aliphatic hydroxyl groups is 1. The number of thioether (sulfide) groups is 1. The summed E-state index contributed by atoms with van der Waals surface area (Å²) in [6.45, 7) is 0.413. The molecule has 1 heterocycles. The lowest BCUT2D eigenvalue weighted by atomic mass is 10.1. The highest BCUT2D eigenvalue weighted by Crippen LogP contribution is 2.65. The van der Waals surface area contributed by atoms with Gasteiger partial charge in [0.15, 0.2) is 0 Å². The normalized spacial score (nSPS) is 20.0. The maximum Gasteiger partial charge on any atom is 0.142 e. The van der Waals surface area contributed by atoms with Gasteiger partial charge in [0.1, 0.15) is 10.6 Å². The lowest BCUT2D eigenvalue weighted by Crippen LogP contribution is -2.04. The Bertz CT molecular complexity index is 661. The molecule has 1 aliphatic rings. The molecular weight excluding hydrogens is 332 g/mol. The van der Waals surface area contributed by atoms with E-state index in [4.69, 9.17) is 9.84 Å². The zero-order valence-corrected chi connectivity index (χ0v) is 14.2. The van der Waals surface area contributed by atoms with Crippen LogP contribution in [0.4, 0.5) is 0 Å². The lowest BCUT2D eigenvalue weighted by molar-refractivity contribution is 0.230. The quantitative estimate of drug-likeness (QED) is 0.672. The molecule has 3 rings (SSSR count). The Kier molecular flexibility index (Phi) is 5.18. The number of hydrogen-bond donors (Lipinski definition) is 3. The van der Waals surface area contributed by atoms with Gasteiger partial charge in [0.05, 0.1) is 17.6 Å². The minimum absolute atomic E-state index is 0.00112. The van der Waals surface area contributed by atoms with Crippen LogP contribution in [0.15, 0.2) is 58.3 Å². The van der Waals surface area contributed by atoms with Crippen molar-refractivity contribution in [3.8, 4) is 5.75 Å². The van der Waals surface area contributed by atoms with Crippen LogP contribution in [0.2, 0.25) is 0 Å². The predicted molar refractivity (Wildman–Crippen MR) is 94.7 cm³/mol. The van der Waals surface area contributed by atoms with Gasteiger partial charge in [-0.2, -0.15) is 10.6 Å². The molecule has 0 amide bonds. The van der Waals surface area contributed by atoms with Crippen molar-refractivity contribution in [2.24, 2.45) is 0 Å². The van der Waals surface area contributed by atoms with Crippen LogP contribution in [0.3, 0.4) is 0 Å². The third-order valence-corrected chi connectivity index (χ3v) is 7.00. The summed E-state index contributed by atoms with van der Waals surface area (Å²) in [5.41, 5.74) is 0.931. The first-order valence-electron chi connectivity index (χ1n) is 7.46. The lowest BCUT2D eigenvalue weighted by Gasteiger charge is -2.29.